The van der Waals surface area contributed by atoms with E-state index in [1.54, 1.807) is 0 Å². The number of benzene rings is 2. The SMILES string of the molecule is Cc1ccc2c(N3CC[C@@H](N)C3)nc(Cl)nc2c1.Cc1ccc2c(N3CC[C@@H](NC(=O)OCC(C)C)C3)nc(Cl)nc2c1. The van der Waals surface area contributed by atoms with E-state index in [-0.39, 0.29) is 23.5 Å². The minimum Gasteiger partial charge on any atom is -0.449 e. The Morgan fingerprint density at radius 3 is 1.95 bits per heavy atom. The standard InChI is InChI=1S/C18H23ClN4O2.C13H15ClN4/c1-11(2)10-25-18(24)20-13-6-7-23(9-13)16-14-5-4-12(3)8-15(14)21-17(19)22-16;1-8-2-3-10-11(6-8)16-13(14)17-12(10)18-5-4-9(15)7-18/h4-5,8,11,13H,6-7,9-10H2,1-3H3,(H,20,24);2-3,6,9H,4-5,7,15H2,1H3/t13-;9-/m11/s1. The third kappa shape index (κ3) is 7.74. The molecule has 0 spiro atoms. The highest BCUT2D eigenvalue weighted by molar-refractivity contribution is 6.29. The van der Waals surface area contributed by atoms with Crippen LogP contribution in [-0.2, 0) is 4.74 Å². The number of amides is 1. The number of fused-ring (bicyclic) bond motifs is 2. The fraction of sp³-hybridized carbons (Fsp3) is 0.452. The van der Waals surface area contributed by atoms with Gasteiger partial charge in [0.1, 0.15) is 11.6 Å². The van der Waals surface area contributed by atoms with E-state index >= 15 is 0 Å². The molecule has 4 aromatic rings. The van der Waals surface area contributed by atoms with E-state index in [4.69, 9.17) is 33.7 Å². The number of aryl methyl sites for hydroxylation is 2. The zero-order valence-corrected chi connectivity index (χ0v) is 26.5. The second-order valence-electron chi connectivity index (χ2n) is 11.7. The van der Waals surface area contributed by atoms with Gasteiger partial charge in [-0.1, -0.05) is 26.0 Å². The zero-order valence-electron chi connectivity index (χ0n) is 25.0. The molecule has 1 amide bonds. The van der Waals surface area contributed by atoms with Gasteiger partial charge in [-0.15, -0.1) is 0 Å². The molecule has 3 N–H and O–H groups in total. The highest BCUT2D eigenvalue weighted by Crippen LogP contribution is 2.30. The molecular formula is C31H38Cl2N8O2. The number of ether oxygens (including phenoxy) is 1. The number of hydrogen-bond donors (Lipinski definition) is 2. The Balaban J connectivity index is 0.000000180. The molecule has 0 unspecified atom stereocenters. The average Bonchev–Trinajstić information content (AvgIpc) is 3.60. The molecule has 2 aromatic carbocycles. The quantitative estimate of drug-likeness (QED) is 0.270. The van der Waals surface area contributed by atoms with Gasteiger partial charge in [-0.2, -0.15) is 9.97 Å². The average molecular weight is 626 g/mol. The van der Waals surface area contributed by atoms with E-state index in [1.807, 2.05) is 52.0 Å². The van der Waals surface area contributed by atoms with Crippen LogP contribution in [0.4, 0.5) is 16.4 Å². The Hall–Kier alpha value is -3.47. The summed E-state index contributed by atoms with van der Waals surface area (Å²) in [5.41, 5.74) is 9.98. The molecule has 2 aliphatic heterocycles. The van der Waals surface area contributed by atoms with Gasteiger partial charge in [0.15, 0.2) is 0 Å². The summed E-state index contributed by atoms with van der Waals surface area (Å²) in [4.78, 5) is 33.6. The van der Waals surface area contributed by atoms with Gasteiger partial charge in [0.05, 0.1) is 23.7 Å². The van der Waals surface area contributed by atoms with E-state index < -0.39 is 0 Å². The topological polar surface area (TPSA) is 122 Å². The number of nitrogens with two attached hydrogens (primary N) is 1. The van der Waals surface area contributed by atoms with Gasteiger partial charge in [0.2, 0.25) is 10.6 Å². The number of nitrogens with zero attached hydrogens (tertiary/aromatic N) is 6. The van der Waals surface area contributed by atoms with E-state index in [0.717, 1.165) is 71.5 Å². The number of nitrogens with one attached hydrogen (secondary N) is 1. The van der Waals surface area contributed by atoms with Crippen LogP contribution in [0.25, 0.3) is 21.8 Å². The molecule has 43 heavy (non-hydrogen) atoms. The van der Waals surface area contributed by atoms with Crippen LogP contribution in [0.3, 0.4) is 0 Å². The number of carbonyl (C=O) groups is 1. The lowest BCUT2D eigenvalue weighted by Crippen LogP contribution is -2.38. The van der Waals surface area contributed by atoms with Crippen molar-refractivity contribution >= 4 is 62.7 Å². The normalized spacial score (nSPS) is 18.3. The van der Waals surface area contributed by atoms with Gasteiger partial charge in [0.25, 0.3) is 0 Å². The van der Waals surface area contributed by atoms with E-state index in [0.29, 0.717) is 24.4 Å². The van der Waals surface area contributed by atoms with Gasteiger partial charge in [-0.05, 0) is 91.2 Å². The smallest absolute Gasteiger partial charge is 0.407 e. The largest absolute Gasteiger partial charge is 0.449 e. The molecule has 228 valence electrons. The zero-order chi connectivity index (χ0) is 30.7. The second-order valence-corrected chi connectivity index (χ2v) is 12.4. The Kier molecular flexibility index (Phi) is 9.68. The Bertz CT molecular complexity index is 1610. The first-order valence-electron chi connectivity index (χ1n) is 14.6. The van der Waals surface area contributed by atoms with Crippen molar-refractivity contribution in [3.8, 4) is 0 Å². The van der Waals surface area contributed by atoms with Crippen molar-refractivity contribution < 1.29 is 9.53 Å². The molecule has 2 aliphatic rings. The summed E-state index contributed by atoms with van der Waals surface area (Å²) in [6, 6.07) is 12.5. The third-order valence-corrected chi connectivity index (χ3v) is 7.83. The highest BCUT2D eigenvalue weighted by Gasteiger charge is 2.27. The lowest BCUT2D eigenvalue weighted by Gasteiger charge is -2.20. The minimum atomic E-state index is -0.359. The van der Waals surface area contributed by atoms with Crippen molar-refractivity contribution in [2.45, 2.75) is 52.6 Å². The minimum absolute atomic E-state index is 0.0360. The molecule has 0 bridgehead atoms. The predicted molar refractivity (Wildman–Crippen MR) is 173 cm³/mol. The summed E-state index contributed by atoms with van der Waals surface area (Å²) in [6.07, 6.45) is 1.47. The van der Waals surface area contributed by atoms with Crippen LogP contribution in [0.15, 0.2) is 36.4 Å². The predicted octanol–water partition coefficient (Wildman–Crippen LogP) is 5.68. The van der Waals surface area contributed by atoms with Crippen LogP contribution in [-0.4, -0.2) is 70.9 Å². The maximum Gasteiger partial charge on any atom is 0.407 e. The monoisotopic (exact) mass is 624 g/mol. The van der Waals surface area contributed by atoms with Crippen molar-refractivity contribution in [1.29, 1.82) is 0 Å². The Labute approximate surface area is 261 Å². The van der Waals surface area contributed by atoms with Crippen LogP contribution in [0.1, 0.15) is 37.8 Å². The number of hydrogen-bond acceptors (Lipinski definition) is 9. The summed E-state index contributed by atoms with van der Waals surface area (Å²) >= 11 is 12.1. The summed E-state index contributed by atoms with van der Waals surface area (Å²) in [5.74, 6) is 2.04. The van der Waals surface area contributed by atoms with Crippen molar-refractivity contribution in [3.05, 3.63) is 58.1 Å². The lowest BCUT2D eigenvalue weighted by molar-refractivity contribution is 0.130. The molecule has 12 heteroatoms. The van der Waals surface area contributed by atoms with Crippen molar-refractivity contribution in [1.82, 2.24) is 25.3 Å². The van der Waals surface area contributed by atoms with Gasteiger partial charge in [0, 0.05) is 43.0 Å². The molecular weight excluding hydrogens is 587 g/mol. The summed E-state index contributed by atoms with van der Waals surface area (Å²) in [7, 11) is 0. The molecule has 2 fully saturated rings. The molecule has 6 rings (SSSR count). The summed E-state index contributed by atoms with van der Waals surface area (Å²) in [5, 5.41) is 5.47. The molecule has 0 aliphatic carbocycles. The first-order chi connectivity index (χ1) is 20.5. The first-order valence-corrected chi connectivity index (χ1v) is 15.4. The second kappa shape index (κ2) is 13.4. The number of anilines is 2. The van der Waals surface area contributed by atoms with Gasteiger partial charge in [-0.25, -0.2) is 14.8 Å². The van der Waals surface area contributed by atoms with E-state index in [1.165, 1.54) is 5.56 Å². The molecule has 0 saturated carbocycles. The summed E-state index contributed by atoms with van der Waals surface area (Å²) < 4.78 is 5.19. The highest BCUT2D eigenvalue weighted by atomic mass is 35.5. The number of halogens is 2. The van der Waals surface area contributed by atoms with Gasteiger partial charge in [-0.3, -0.25) is 0 Å². The fourth-order valence-electron chi connectivity index (χ4n) is 5.37. The lowest BCUT2D eigenvalue weighted by atomic mass is 10.1. The number of rotatable bonds is 5. The Morgan fingerprint density at radius 2 is 1.44 bits per heavy atom. The molecule has 0 radical (unpaired) electrons. The van der Waals surface area contributed by atoms with Crippen LogP contribution in [0.2, 0.25) is 10.6 Å². The van der Waals surface area contributed by atoms with Crippen molar-refractivity contribution in [2.24, 2.45) is 11.7 Å². The molecule has 10 nitrogen and oxygen atoms in total. The van der Waals surface area contributed by atoms with Gasteiger partial charge < -0.3 is 25.6 Å². The van der Waals surface area contributed by atoms with Gasteiger partial charge >= 0.3 is 6.09 Å². The number of aromatic nitrogens is 4. The number of carbonyl (C=O) groups excluding carboxylic acids is 1. The van der Waals surface area contributed by atoms with Crippen LogP contribution in [0.5, 0.6) is 0 Å². The maximum absolute atomic E-state index is 11.9. The maximum atomic E-state index is 11.9. The number of alkyl carbamates (subject to hydrolysis) is 1. The summed E-state index contributed by atoms with van der Waals surface area (Å²) in [6.45, 7) is 11.7. The van der Waals surface area contributed by atoms with Crippen LogP contribution in [0, 0.1) is 19.8 Å². The van der Waals surface area contributed by atoms with Crippen molar-refractivity contribution in [2.75, 3.05) is 42.6 Å². The molecule has 2 saturated heterocycles. The first kappa shape index (κ1) is 31.0. The molecule has 2 atom stereocenters. The molecule has 4 heterocycles. The van der Waals surface area contributed by atoms with E-state index in [9.17, 15) is 4.79 Å². The third-order valence-electron chi connectivity index (χ3n) is 7.49. The van der Waals surface area contributed by atoms with Crippen molar-refractivity contribution in [3.63, 3.8) is 0 Å². The Morgan fingerprint density at radius 1 is 0.907 bits per heavy atom. The molecule has 2 aromatic heterocycles. The van der Waals surface area contributed by atoms with Crippen LogP contribution < -0.4 is 20.9 Å². The fourth-order valence-corrected chi connectivity index (χ4v) is 5.72. The van der Waals surface area contributed by atoms with E-state index in [2.05, 4.69) is 47.2 Å². The van der Waals surface area contributed by atoms with Crippen LogP contribution >= 0.6 is 23.2 Å².